The third kappa shape index (κ3) is 3.50. The van der Waals surface area contributed by atoms with Gasteiger partial charge in [0, 0.05) is 12.4 Å². The van der Waals surface area contributed by atoms with Crippen LogP contribution >= 0.6 is 11.6 Å². The number of pyridine rings is 2. The molecule has 7 heteroatoms. The van der Waals surface area contributed by atoms with Gasteiger partial charge in [-0.2, -0.15) is 0 Å². The molecular formula is C12H12ClN3O2S. The van der Waals surface area contributed by atoms with Gasteiger partial charge in [0.05, 0.1) is 12.2 Å². The highest BCUT2D eigenvalue weighted by molar-refractivity contribution is 7.89. The minimum Gasteiger partial charge on any atom is -0.260 e. The molecule has 0 radical (unpaired) electrons. The van der Waals surface area contributed by atoms with Crippen molar-refractivity contribution in [1.82, 2.24) is 14.7 Å². The van der Waals surface area contributed by atoms with Gasteiger partial charge in [0.15, 0.2) is 0 Å². The normalized spacial score (nSPS) is 11.5. The van der Waals surface area contributed by atoms with Crippen LogP contribution in [0.4, 0.5) is 0 Å². The minimum atomic E-state index is -3.61. The summed E-state index contributed by atoms with van der Waals surface area (Å²) < 4.78 is 26.6. The number of hydrogen-bond acceptors (Lipinski definition) is 4. The zero-order valence-corrected chi connectivity index (χ0v) is 11.7. The smallest absolute Gasteiger partial charge is 0.242 e. The van der Waals surface area contributed by atoms with Gasteiger partial charge in [-0.15, -0.1) is 0 Å². The lowest BCUT2D eigenvalue weighted by molar-refractivity contribution is 0.580. The van der Waals surface area contributed by atoms with E-state index in [1.54, 1.807) is 31.3 Å². The molecule has 1 N–H and O–H groups in total. The number of aryl methyl sites for hydroxylation is 1. The molecule has 0 saturated carbocycles. The van der Waals surface area contributed by atoms with E-state index >= 15 is 0 Å². The van der Waals surface area contributed by atoms with Gasteiger partial charge in [0.25, 0.3) is 0 Å². The second kappa shape index (κ2) is 5.64. The van der Waals surface area contributed by atoms with E-state index in [2.05, 4.69) is 14.7 Å². The number of halogens is 1. The van der Waals surface area contributed by atoms with E-state index in [4.69, 9.17) is 11.6 Å². The molecule has 0 aliphatic heterocycles. The first-order valence-electron chi connectivity index (χ1n) is 5.51. The molecule has 2 aromatic heterocycles. The van der Waals surface area contributed by atoms with Crippen LogP contribution in [0.2, 0.25) is 5.15 Å². The molecule has 0 atom stereocenters. The second-order valence-corrected chi connectivity index (χ2v) is 6.05. The molecule has 2 heterocycles. The lowest BCUT2D eigenvalue weighted by Crippen LogP contribution is -2.24. The molecule has 5 nitrogen and oxygen atoms in total. The molecule has 0 unspecified atom stereocenters. The molecule has 100 valence electrons. The Morgan fingerprint density at radius 3 is 2.74 bits per heavy atom. The zero-order valence-electron chi connectivity index (χ0n) is 10.2. The van der Waals surface area contributed by atoms with E-state index in [9.17, 15) is 8.42 Å². The van der Waals surface area contributed by atoms with Crippen molar-refractivity contribution in [3.05, 3.63) is 53.1 Å². The maximum Gasteiger partial charge on any atom is 0.242 e. The van der Waals surface area contributed by atoms with E-state index in [0.717, 1.165) is 0 Å². The zero-order chi connectivity index (χ0) is 13.9. The van der Waals surface area contributed by atoms with Crippen LogP contribution < -0.4 is 4.72 Å². The summed E-state index contributed by atoms with van der Waals surface area (Å²) in [5.74, 6) is 0. The van der Waals surface area contributed by atoms with Crippen molar-refractivity contribution in [3.8, 4) is 0 Å². The maximum absolute atomic E-state index is 12.0. The summed E-state index contributed by atoms with van der Waals surface area (Å²) in [7, 11) is -3.61. The van der Waals surface area contributed by atoms with Crippen LogP contribution in [-0.2, 0) is 16.6 Å². The minimum absolute atomic E-state index is 0.0883. The molecule has 2 rings (SSSR count). The van der Waals surface area contributed by atoms with Crippen LogP contribution in [-0.4, -0.2) is 18.4 Å². The van der Waals surface area contributed by atoms with Crippen LogP contribution in [0.5, 0.6) is 0 Å². The van der Waals surface area contributed by atoms with Crippen LogP contribution in [0.25, 0.3) is 0 Å². The SMILES string of the molecule is Cc1cc(S(=O)(=O)NCc2ccccn2)cnc1Cl. The Bertz CT molecular complexity index is 675. The lowest BCUT2D eigenvalue weighted by Gasteiger charge is -2.07. The summed E-state index contributed by atoms with van der Waals surface area (Å²) in [5.41, 5.74) is 1.26. The molecule has 0 amide bonds. The number of hydrogen-bond donors (Lipinski definition) is 1. The van der Waals surface area contributed by atoms with Crippen molar-refractivity contribution in [2.75, 3.05) is 0 Å². The topological polar surface area (TPSA) is 72.0 Å². The first-order valence-corrected chi connectivity index (χ1v) is 7.37. The molecule has 0 spiro atoms. The largest absolute Gasteiger partial charge is 0.260 e. The average molecular weight is 298 g/mol. The number of aromatic nitrogens is 2. The Morgan fingerprint density at radius 2 is 2.11 bits per heavy atom. The van der Waals surface area contributed by atoms with Gasteiger partial charge < -0.3 is 0 Å². The number of nitrogens with one attached hydrogen (secondary N) is 1. The predicted molar refractivity (Wildman–Crippen MR) is 72.2 cm³/mol. The monoisotopic (exact) mass is 297 g/mol. The van der Waals surface area contributed by atoms with Crippen molar-refractivity contribution in [2.45, 2.75) is 18.4 Å². The summed E-state index contributed by atoms with van der Waals surface area (Å²) in [6.07, 6.45) is 2.84. The van der Waals surface area contributed by atoms with Gasteiger partial charge in [0.1, 0.15) is 10.0 Å². The Morgan fingerprint density at radius 1 is 1.32 bits per heavy atom. The fourth-order valence-corrected chi connectivity index (χ4v) is 2.57. The third-order valence-electron chi connectivity index (χ3n) is 2.47. The standard InChI is InChI=1S/C12H12ClN3O2S/c1-9-6-11(8-15-12(9)13)19(17,18)16-7-10-4-2-3-5-14-10/h2-6,8,16H,7H2,1H3. The lowest BCUT2D eigenvalue weighted by atomic mass is 10.3. The van der Waals surface area contributed by atoms with Gasteiger partial charge in [0.2, 0.25) is 10.0 Å². The fourth-order valence-electron chi connectivity index (χ4n) is 1.43. The van der Waals surface area contributed by atoms with E-state index in [1.165, 1.54) is 12.3 Å². The van der Waals surface area contributed by atoms with Crippen molar-refractivity contribution in [2.24, 2.45) is 0 Å². The molecular weight excluding hydrogens is 286 g/mol. The number of nitrogens with zero attached hydrogens (tertiary/aromatic N) is 2. The van der Waals surface area contributed by atoms with E-state index in [1.807, 2.05) is 0 Å². The molecule has 0 aliphatic carbocycles. The molecule has 19 heavy (non-hydrogen) atoms. The van der Waals surface area contributed by atoms with E-state index in [0.29, 0.717) is 16.4 Å². The highest BCUT2D eigenvalue weighted by Crippen LogP contribution is 2.16. The van der Waals surface area contributed by atoms with E-state index < -0.39 is 10.0 Å². The Kier molecular flexibility index (Phi) is 4.14. The quantitative estimate of drug-likeness (QED) is 0.875. The Balaban J connectivity index is 2.16. The Labute approximate surface area is 116 Å². The molecule has 0 saturated heterocycles. The van der Waals surface area contributed by atoms with Crippen molar-refractivity contribution < 1.29 is 8.42 Å². The van der Waals surface area contributed by atoms with E-state index in [-0.39, 0.29) is 11.4 Å². The van der Waals surface area contributed by atoms with Crippen LogP contribution in [0, 0.1) is 6.92 Å². The first-order chi connectivity index (χ1) is 8.99. The van der Waals surface area contributed by atoms with Crippen LogP contribution in [0.3, 0.4) is 0 Å². The van der Waals surface area contributed by atoms with Gasteiger partial charge in [-0.3, -0.25) is 4.98 Å². The molecule has 0 aromatic carbocycles. The van der Waals surface area contributed by atoms with Crippen molar-refractivity contribution in [1.29, 1.82) is 0 Å². The Hall–Kier alpha value is -1.50. The van der Waals surface area contributed by atoms with Gasteiger partial charge in [-0.05, 0) is 30.7 Å². The first kappa shape index (κ1) is 13.9. The third-order valence-corrected chi connectivity index (χ3v) is 4.23. The summed E-state index contributed by atoms with van der Waals surface area (Å²) in [6.45, 7) is 1.83. The molecule has 0 fully saturated rings. The average Bonchev–Trinajstić information content (AvgIpc) is 2.41. The fraction of sp³-hybridized carbons (Fsp3) is 0.167. The van der Waals surface area contributed by atoms with Crippen LogP contribution in [0.15, 0.2) is 41.6 Å². The summed E-state index contributed by atoms with van der Waals surface area (Å²) in [5, 5.41) is 0.295. The maximum atomic E-state index is 12.0. The van der Waals surface area contributed by atoms with Crippen molar-refractivity contribution >= 4 is 21.6 Å². The summed E-state index contributed by atoms with van der Waals surface area (Å²) in [4.78, 5) is 7.96. The number of sulfonamides is 1. The molecule has 0 aliphatic rings. The van der Waals surface area contributed by atoms with Gasteiger partial charge >= 0.3 is 0 Å². The van der Waals surface area contributed by atoms with Crippen LogP contribution in [0.1, 0.15) is 11.3 Å². The summed E-state index contributed by atoms with van der Waals surface area (Å²) in [6, 6.07) is 6.79. The summed E-state index contributed by atoms with van der Waals surface area (Å²) >= 11 is 5.77. The van der Waals surface area contributed by atoms with Crippen molar-refractivity contribution in [3.63, 3.8) is 0 Å². The molecule has 2 aromatic rings. The predicted octanol–water partition coefficient (Wildman–Crippen LogP) is 1.92. The van der Waals surface area contributed by atoms with Gasteiger partial charge in [-0.1, -0.05) is 17.7 Å². The van der Waals surface area contributed by atoms with Gasteiger partial charge in [-0.25, -0.2) is 18.1 Å². The highest BCUT2D eigenvalue weighted by Gasteiger charge is 2.15. The number of rotatable bonds is 4. The highest BCUT2D eigenvalue weighted by atomic mass is 35.5. The second-order valence-electron chi connectivity index (χ2n) is 3.92. The molecule has 0 bridgehead atoms.